The van der Waals surface area contributed by atoms with Crippen molar-refractivity contribution < 1.29 is 14.3 Å². The number of hydrogen-bond donors (Lipinski definition) is 2. The van der Waals surface area contributed by atoms with Gasteiger partial charge in [0.05, 0.1) is 17.0 Å². The molecule has 8 heteroatoms. The number of aryl methyl sites for hydroxylation is 2. The number of amides is 1. The van der Waals surface area contributed by atoms with E-state index in [4.69, 9.17) is 9.47 Å². The number of carbonyl (C=O) groups excluding carboxylic acids is 1. The lowest BCUT2D eigenvalue weighted by molar-refractivity contribution is 0.0943. The summed E-state index contributed by atoms with van der Waals surface area (Å²) >= 11 is 0. The molecule has 1 saturated heterocycles. The molecule has 3 heterocycles. The van der Waals surface area contributed by atoms with Crippen LogP contribution in [0.4, 0.5) is 5.69 Å². The minimum Gasteiger partial charge on any atom is -0.454 e. The van der Waals surface area contributed by atoms with E-state index in [0.29, 0.717) is 31.0 Å². The maximum absolute atomic E-state index is 12.5. The Morgan fingerprint density at radius 3 is 2.61 bits per heavy atom. The Morgan fingerprint density at radius 1 is 1.16 bits per heavy atom. The number of likely N-dealkylation sites (tertiary alicyclic amines) is 1. The van der Waals surface area contributed by atoms with E-state index in [1.54, 1.807) is 0 Å². The van der Waals surface area contributed by atoms with E-state index in [0.717, 1.165) is 60.9 Å². The molecule has 2 aliphatic rings. The molecule has 0 unspecified atom stereocenters. The third-order valence-electron chi connectivity index (χ3n) is 6.20. The van der Waals surface area contributed by atoms with Crippen molar-refractivity contribution >= 4 is 11.6 Å². The summed E-state index contributed by atoms with van der Waals surface area (Å²) in [5.74, 6) is 1.53. The number of fused-ring (bicyclic) bond motifs is 1. The average molecular weight is 426 g/mol. The number of aromatic nitrogens is 2. The highest BCUT2D eigenvalue weighted by atomic mass is 16.7. The summed E-state index contributed by atoms with van der Waals surface area (Å²) in [6.45, 7) is 8.95. The van der Waals surface area contributed by atoms with Crippen LogP contribution in [0, 0.1) is 13.8 Å². The molecule has 1 fully saturated rings. The predicted molar refractivity (Wildman–Crippen MR) is 119 cm³/mol. The lowest BCUT2D eigenvalue weighted by atomic mass is 10.0. The number of anilines is 1. The van der Waals surface area contributed by atoms with Crippen molar-refractivity contribution in [2.75, 3.05) is 31.7 Å². The lowest BCUT2D eigenvalue weighted by Crippen LogP contribution is -2.44. The molecule has 0 radical (unpaired) electrons. The van der Waals surface area contributed by atoms with Gasteiger partial charge < -0.3 is 25.0 Å². The molecule has 0 aliphatic carbocycles. The number of carbonyl (C=O) groups is 1. The van der Waals surface area contributed by atoms with Gasteiger partial charge in [-0.25, -0.2) is 9.97 Å². The van der Waals surface area contributed by atoms with Crippen molar-refractivity contribution in [3.05, 3.63) is 41.5 Å². The van der Waals surface area contributed by atoms with Gasteiger partial charge in [-0.05, 0) is 52.2 Å². The van der Waals surface area contributed by atoms with E-state index in [9.17, 15) is 4.79 Å². The van der Waals surface area contributed by atoms with Crippen LogP contribution in [0.3, 0.4) is 0 Å². The Bertz CT molecular complexity index is 907. The second-order valence-electron chi connectivity index (χ2n) is 8.34. The topological polar surface area (TPSA) is 88.6 Å². The molecular weight excluding hydrogens is 394 g/mol. The van der Waals surface area contributed by atoms with Gasteiger partial charge in [0.15, 0.2) is 11.5 Å². The zero-order valence-corrected chi connectivity index (χ0v) is 18.5. The van der Waals surface area contributed by atoms with Crippen molar-refractivity contribution in [3.63, 3.8) is 0 Å². The molecule has 1 aromatic carbocycles. The molecule has 166 valence electrons. The van der Waals surface area contributed by atoms with E-state index in [1.807, 2.05) is 32.0 Å². The standard InChI is InChI=1S/C23H31N5O3/c1-15(6-9-24-23(29)22-16(2)25-13-26-17(22)3)28-10-7-18(8-11-28)27-19-4-5-20-21(12-19)31-14-30-20/h4-5,12-13,15,18,27H,6-11,14H2,1-3H3,(H,24,29)/t15-/m1/s1. The quantitative estimate of drug-likeness (QED) is 0.705. The maximum atomic E-state index is 12.5. The molecule has 8 nitrogen and oxygen atoms in total. The number of nitrogens with one attached hydrogen (secondary N) is 2. The minimum atomic E-state index is -0.0885. The van der Waals surface area contributed by atoms with Crippen LogP contribution in [0.15, 0.2) is 24.5 Å². The van der Waals surface area contributed by atoms with Gasteiger partial charge in [-0.15, -0.1) is 0 Å². The van der Waals surface area contributed by atoms with E-state index in [2.05, 4.69) is 32.4 Å². The molecule has 31 heavy (non-hydrogen) atoms. The Balaban J connectivity index is 1.20. The van der Waals surface area contributed by atoms with E-state index < -0.39 is 0 Å². The summed E-state index contributed by atoms with van der Waals surface area (Å²) in [4.78, 5) is 23.3. The molecule has 1 atom stereocenters. The largest absolute Gasteiger partial charge is 0.454 e. The van der Waals surface area contributed by atoms with Gasteiger partial charge in [-0.3, -0.25) is 4.79 Å². The molecule has 2 aliphatic heterocycles. The summed E-state index contributed by atoms with van der Waals surface area (Å²) in [5.41, 5.74) is 3.10. The van der Waals surface area contributed by atoms with Gasteiger partial charge in [0, 0.05) is 43.5 Å². The zero-order valence-electron chi connectivity index (χ0n) is 18.5. The van der Waals surface area contributed by atoms with E-state index in [-0.39, 0.29) is 5.91 Å². The van der Waals surface area contributed by atoms with Gasteiger partial charge in [-0.2, -0.15) is 0 Å². The van der Waals surface area contributed by atoms with Gasteiger partial charge in [0.2, 0.25) is 6.79 Å². The average Bonchev–Trinajstić information content (AvgIpc) is 3.22. The highest BCUT2D eigenvalue weighted by molar-refractivity contribution is 5.96. The fourth-order valence-electron chi connectivity index (χ4n) is 4.29. The number of ether oxygens (including phenoxy) is 2. The number of piperidine rings is 1. The SMILES string of the molecule is Cc1ncnc(C)c1C(=O)NCC[C@@H](C)N1CCC(Nc2ccc3c(c2)OCO3)CC1. The van der Waals surface area contributed by atoms with Crippen molar-refractivity contribution in [1.29, 1.82) is 0 Å². The predicted octanol–water partition coefficient (Wildman–Crippen LogP) is 2.91. The van der Waals surface area contributed by atoms with Crippen LogP contribution >= 0.6 is 0 Å². The summed E-state index contributed by atoms with van der Waals surface area (Å²) in [7, 11) is 0. The molecule has 0 bridgehead atoms. The second-order valence-corrected chi connectivity index (χ2v) is 8.34. The molecular formula is C23H31N5O3. The Hall–Kier alpha value is -2.87. The number of benzene rings is 1. The molecule has 2 N–H and O–H groups in total. The molecule has 4 rings (SSSR count). The minimum absolute atomic E-state index is 0.0885. The van der Waals surface area contributed by atoms with Crippen LogP contribution in [0.1, 0.15) is 47.9 Å². The van der Waals surface area contributed by atoms with Crippen molar-refractivity contribution in [2.24, 2.45) is 0 Å². The van der Waals surface area contributed by atoms with Crippen molar-refractivity contribution in [2.45, 2.75) is 52.1 Å². The summed E-state index contributed by atoms with van der Waals surface area (Å²) in [5, 5.41) is 6.66. The number of nitrogens with zero attached hydrogens (tertiary/aromatic N) is 3. The first-order valence-corrected chi connectivity index (χ1v) is 11.0. The summed E-state index contributed by atoms with van der Waals surface area (Å²) < 4.78 is 10.8. The van der Waals surface area contributed by atoms with Crippen LogP contribution < -0.4 is 20.1 Å². The third-order valence-corrected chi connectivity index (χ3v) is 6.20. The highest BCUT2D eigenvalue weighted by Crippen LogP contribution is 2.34. The van der Waals surface area contributed by atoms with Crippen molar-refractivity contribution in [1.82, 2.24) is 20.2 Å². The highest BCUT2D eigenvalue weighted by Gasteiger charge is 2.23. The molecule has 1 amide bonds. The first-order chi connectivity index (χ1) is 15.0. The summed E-state index contributed by atoms with van der Waals surface area (Å²) in [6.07, 6.45) is 4.59. The lowest BCUT2D eigenvalue weighted by Gasteiger charge is -2.36. The second kappa shape index (κ2) is 9.51. The fourth-order valence-corrected chi connectivity index (χ4v) is 4.29. The molecule has 2 aromatic rings. The molecule has 0 spiro atoms. The Kier molecular flexibility index (Phi) is 6.56. The molecule has 1 aromatic heterocycles. The van der Waals surface area contributed by atoms with Crippen LogP contribution in [0.25, 0.3) is 0 Å². The van der Waals surface area contributed by atoms with Crippen LogP contribution in [0.5, 0.6) is 11.5 Å². The Morgan fingerprint density at radius 2 is 1.87 bits per heavy atom. The van der Waals surface area contributed by atoms with Crippen LogP contribution in [-0.4, -0.2) is 59.3 Å². The van der Waals surface area contributed by atoms with Gasteiger partial charge in [0.1, 0.15) is 6.33 Å². The summed E-state index contributed by atoms with van der Waals surface area (Å²) in [6, 6.07) is 6.89. The zero-order chi connectivity index (χ0) is 21.8. The third kappa shape index (κ3) is 5.07. The van der Waals surface area contributed by atoms with Crippen LogP contribution in [-0.2, 0) is 0 Å². The van der Waals surface area contributed by atoms with E-state index >= 15 is 0 Å². The first-order valence-electron chi connectivity index (χ1n) is 11.0. The van der Waals surface area contributed by atoms with Crippen molar-refractivity contribution in [3.8, 4) is 11.5 Å². The smallest absolute Gasteiger partial charge is 0.254 e. The maximum Gasteiger partial charge on any atom is 0.254 e. The van der Waals surface area contributed by atoms with Crippen LogP contribution in [0.2, 0.25) is 0 Å². The van der Waals surface area contributed by atoms with Gasteiger partial charge in [0.25, 0.3) is 5.91 Å². The fraction of sp³-hybridized carbons (Fsp3) is 0.522. The molecule has 0 saturated carbocycles. The Labute approximate surface area is 183 Å². The number of hydrogen-bond acceptors (Lipinski definition) is 7. The van der Waals surface area contributed by atoms with E-state index in [1.165, 1.54) is 6.33 Å². The monoisotopic (exact) mass is 425 g/mol. The van der Waals surface area contributed by atoms with Gasteiger partial charge in [-0.1, -0.05) is 0 Å². The van der Waals surface area contributed by atoms with Gasteiger partial charge >= 0.3 is 0 Å². The first kappa shape index (κ1) is 21.4. The normalized spacial score (nSPS) is 17.4. The number of rotatable bonds is 7.